The van der Waals surface area contributed by atoms with Crippen LogP contribution in [0.4, 0.5) is 0 Å². The van der Waals surface area contributed by atoms with Crippen LogP contribution in [0, 0.1) is 5.92 Å². The Hall–Kier alpha value is -0.450. The van der Waals surface area contributed by atoms with Gasteiger partial charge in [0.2, 0.25) is 0 Å². The van der Waals surface area contributed by atoms with Crippen LogP contribution in [0.2, 0.25) is 0 Å². The Morgan fingerprint density at radius 1 is 1.68 bits per heavy atom. The first-order chi connectivity index (χ1) is 9.11. The van der Waals surface area contributed by atoms with Crippen molar-refractivity contribution in [2.24, 2.45) is 5.92 Å². The molecule has 2 rings (SSSR count). The average molecular weight is 302 g/mol. The number of ketones is 1. The van der Waals surface area contributed by atoms with Gasteiger partial charge in [0.1, 0.15) is 16.3 Å². The number of carbonyl (C=O) groups is 1. The highest BCUT2D eigenvalue weighted by Gasteiger charge is 2.40. The Labute approximate surface area is 123 Å². The number of Topliss-reactive ketones (excluding diaryl/α,β-unsaturated/α-hetero) is 1. The van der Waals surface area contributed by atoms with Gasteiger partial charge in [0.05, 0.1) is 5.88 Å². The molecule has 1 aliphatic rings. The van der Waals surface area contributed by atoms with Crippen molar-refractivity contribution in [3.05, 3.63) is 16.1 Å². The van der Waals surface area contributed by atoms with Gasteiger partial charge in [-0.2, -0.15) is 0 Å². The van der Waals surface area contributed by atoms with Crippen LogP contribution < -0.4 is 0 Å². The fourth-order valence-electron chi connectivity index (χ4n) is 2.85. The number of alkyl halides is 1. The van der Waals surface area contributed by atoms with Gasteiger partial charge in [-0.3, -0.25) is 4.79 Å². The molecule has 106 valence electrons. The highest BCUT2D eigenvalue weighted by atomic mass is 35.5. The van der Waals surface area contributed by atoms with Gasteiger partial charge in [-0.05, 0) is 32.1 Å². The average Bonchev–Trinajstić information content (AvgIpc) is 2.88. The molecule has 3 nitrogen and oxygen atoms in total. The second-order valence-electron chi connectivity index (χ2n) is 5.22. The third-order valence-corrected chi connectivity index (χ3v) is 4.95. The summed E-state index contributed by atoms with van der Waals surface area (Å²) in [5.74, 6) is 0.511. The number of hydrogen-bond acceptors (Lipinski definition) is 4. The number of rotatable bonds is 5. The molecule has 0 spiro atoms. The lowest BCUT2D eigenvalue weighted by Crippen LogP contribution is -2.35. The molecule has 0 amide bonds. The fourth-order valence-corrected chi connectivity index (χ4v) is 4.00. The molecule has 2 unspecified atom stereocenters. The predicted molar refractivity (Wildman–Crippen MR) is 78.1 cm³/mol. The molecule has 19 heavy (non-hydrogen) atoms. The number of thiazole rings is 1. The number of hydrogen-bond donors (Lipinski definition) is 0. The summed E-state index contributed by atoms with van der Waals surface area (Å²) < 4.78 is 6.06. The van der Waals surface area contributed by atoms with Gasteiger partial charge in [0, 0.05) is 12.0 Å². The molecule has 1 saturated carbocycles. The van der Waals surface area contributed by atoms with E-state index in [4.69, 9.17) is 16.3 Å². The van der Waals surface area contributed by atoms with E-state index in [-0.39, 0.29) is 17.3 Å². The standard InChI is InChI=1S/C14H20ClNO2S/c1-3-18-14(6-4-5-10(2)7-14)13-16-11(9-19-13)12(17)8-15/h9-10H,3-8H2,1-2H3. The van der Waals surface area contributed by atoms with E-state index in [0.29, 0.717) is 18.2 Å². The Morgan fingerprint density at radius 2 is 2.47 bits per heavy atom. The summed E-state index contributed by atoms with van der Waals surface area (Å²) in [5.41, 5.74) is 0.189. The highest BCUT2D eigenvalue weighted by molar-refractivity contribution is 7.10. The van der Waals surface area contributed by atoms with Crippen molar-refractivity contribution in [3.63, 3.8) is 0 Å². The molecule has 0 aromatic carbocycles. The summed E-state index contributed by atoms with van der Waals surface area (Å²) in [5, 5.41) is 2.74. The van der Waals surface area contributed by atoms with Crippen LogP contribution in [-0.4, -0.2) is 23.3 Å². The van der Waals surface area contributed by atoms with Crippen molar-refractivity contribution in [2.75, 3.05) is 12.5 Å². The second kappa shape index (κ2) is 6.33. The van der Waals surface area contributed by atoms with Crippen LogP contribution in [-0.2, 0) is 10.3 Å². The molecular weight excluding hydrogens is 282 g/mol. The Balaban J connectivity index is 2.28. The van der Waals surface area contributed by atoms with Crippen molar-refractivity contribution in [2.45, 2.75) is 45.1 Å². The molecule has 1 aromatic rings. The van der Waals surface area contributed by atoms with E-state index in [1.54, 1.807) is 5.38 Å². The maximum atomic E-state index is 11.6. The number of aromatic nitrogens is 1. The van der Waals surface area contributed by atoms with E-state index in [1.165, 1.54) is 17.8 Å². The van der Waals surface area contributed by atoms with Crippen LogP contribution in [0.1, 0.15) is 55.0 Å². The summed E-state index contributed by atoms with van der Waals surface area (Å²) in [4.78, 5) is 16.1. The molecule has 1 aromatic heterocycles. The third kappa shape index (κ3) is 3.18. The van der Waals surface area contributed by atoms with Crippen molar-refractivity contribution in [3.8, 4) is 0 Å². The van der Waals surface area contributed by atoms with Crippen LogP contribution in [0.15, 0.2) is 5.38 Å². The highest BCUT2D eigenvalue weighted by Crippen LogP contribution is 2.44. The van der Waals surface area contributed by atoms with E-state index in [1.807, 2.05) is 6.92 Å². The monoisotopic (exact) mass is 301 g/mol. The minimum absolute atomic E-state index is 0.0127. The van der Waals surface area contributed by atoms with Crippen LogP contribution in [0.25, 0.3) is 0 Å². The third-order valence-electron chi connectivity index (χ3n) is 3.68. The summed E-state index contributed by atoms with van der Waals surface area (Å²) in [6.07, 6.45) is 4.38. The van der Waals surface area contributed by atoms with Gasteiger partial charge in [0.15, 0.2) is 5.78 Å². The van der Waals surface area contributed by atoms with E-state index >= 15 is 0 Å². The van der Waals surface area contributed by atoms with E-state index in [9.17, 15) is 4.79 Å². The molecule has 1 aliphatic carbocycles. The predicted octanol–water partition coefficient (Wildman–Crippen LogP) is 4.01. The first-order valence-electron chi connectivity index (χ1n) is 6.80. The van der Waals surface area contributed by atoms with Gasteiger partial charge in [-0.25, -0.2) is 4.98 Å². The first-order valence-corrected chi connectivity index (χ1v) is 8.22. The molecule has 1 heterocycles. The topological polar surface area (TPSA) is 39.2 Å². The van der Waals surface area contributed by atoms with Crippen molar-refractivity contribution in [1.82, 2.24) is 4.98 Å². The number of ether oxygens (including phenoxy) is 1. The van der Waals surface area contributed by atoms with Crippen LogP contribution in [0.3, 0.4) is 0 Å². The molecule has 2 atom stereocenters. The second-order valence-corrected chi connectivity index (χ2v) is 6.35. The van der Waals surface area contributed by atoms with Crippen molar-refractivity contribution < 1.29 is 9.53 Å². The normalized spacial score (nSPS) is 27.4. The number of carbonyl (C=O) groups excluding carboxylic acids is 1. The molecule has 5 heteroatoms. The zero-order valence-corrected chi connectivity index (χ0v) is 13.0. The number of nitrogens with zero attached hydrogens (tertiary/aromatic N) is 1. The van der Waals surface area contributed by atoms with Crippen LogP contribution >= 0.6 is 22.9 Å². The first kappa shape index (κ1) is 14.9. The molecule has 1 fully saturated rings. The molecule has 0 bridgehead atoms. The minimum atomic E-state index is -0.290. The Bertz CT molecular complexity index is 444. The Morgan fingerprint density at radius 3 is 3.11 bits per heavy atom. The lowest BCUT2D eigenvalue weighted by molar-refractivity contribution is -0.0820. The van der Waals surface area contributed by atoms with Gasteiger partial charge in [0.25, 0.3) is 0 Å². The summed E-state index contributed by atoms with van der Waals surface area (Å²) >= 11 is 7.11. The van der Waals surface area contributed by atoms with Gasteiger partial charge < -0.3 is 4.74 Å². The maximum absolute atomic E-state index is 11.6. The van der Waals surface area contributed by atoms with Gasteiger partial charge in [-0.1, -0.05) is 13.3 Å². The lowest BCUT2D eigenvalue weighted by Gasteiger charge is -2.38. The van der Waals surface area contributed by atoms with Gasteiger partial charge in [-0.15, -0.1) is 22.9 Å². The summed E-state index contributed by atoms with van der Waals surface area (Å²) in [7, 11) is 0. The molecule has 0 saturated heterocycles. The Kier molecular flexibility index (Phi) is 4.98. The minimum Gasteiger partial charge on any atom is -0.368 e. The van der Waals surface area contributed by atoms with E-state index in [2.05, 4.69) is 11.9 Å². The molecule has 0 radical (unpaired) electrons. The number of halogens is 1. The molecule has 0 N–H and O–H groups in total. The quantitative estimate of drug-likeness (QED) is 0.609. The summed E-state index contributed by atoms with van der Waals surface area (Å²) in [6, 6.07) is 0. The summed E-state index contributed by atoms with van der Waals surface area (Å²) in [6.45, 7) is 4.94. The fraction of sp³-hybridized carbons (Fsp3) is 0.714. The molecule has 0 aliphatic heterocycles. The van der Waals surface area contributed by atoms with Crippen molar-refractivity contribution >= 4 is 28.7 Å². The zero-order chi connectivity index (χ0) is 13.9. The van der Waals surface area contributed by atoms with E-state index in [0.717, 1.165) is 24.3 Å². The maximum Gasteiger partial charge on any atom is 0.196 e. The zero-order valence-electron chi connectivity index (χ0n) is 11.4. The smallest absolute Gasteiger partial charge is 0.196 e. The van der Waals surface area contributed by atoms with Crippen molar-refractivity contribution in [1.29, 1.82) is 0 Å². The van der Waals surface area contributed by atoms with E-state index < -0.39 is 0 Å². The largest absolute Gasteiger partial charge is 0.368 e. The SMILES string of the molecule is CCOC1(c2nc(C(=O)CCl)cs2)CCCC(C)C1. The van der Waals surface area contributed by atoms with Crippen LogP contribution in [0.5, 0.6) is 0 Å². The van der Waals surface area contributed by atoms with Gasteiger partial charge >= 0.3 is 0 Å². The lowest BCUT2D eigenvalue weighted by atomic mass is 9.79. The molecular formula is C14H20ClNO2S.